The van der Waals surface area contributed by atoms with Crippen molar-refractivity contribution in [3.8, 4) is 0 Å². The average Bonchev–Trinajstić information content (AvgIpc) is 2.37. The third kappa shape index (κ3) is 2.49. The Kier molecular flexibility index (Phi) is 3.34. The van der Waals surface area contributed by atoms with E-state index in [9.17, 15) is 4.79 Å². The van der Waals surface area contributed by atoms with Crippen LogP contribution in [0.3, 0.4) is 0 Å². The first-order chi connectivity index (χ1) is 5.34. The van der Waals surface area contributed by atoms with Crippen molar-refractivity contribution in [3.05, 3.63) is 12.2 Å². The SMILES string of the molecule is CCC/C=C/[C@H]1CCCC1=O. The molecule has 1 aliphatic rings. The molecule has 0 unspecified atom stereocenters. The highest BCUT2D eigenvalue weighted by atomic mass is 16.1. The molecule has 1 heteroatoms. The van der Waals surface area contributed by atoms with E-state index in [1.54, 1.807) is 0 Å². The van der Waals surface area contributed by atoms with Crippen LogP contribution in [0.15, 0.2) is 12.2 Å². The van der Waals surface area contributed by atoms with Crippen LogP contribution >= 0.6 is 0 Å². The Morgan fingerprint density at radius 3 is 3.00 bits per heavy atom. The van der Waals surface area contributed by atoms with Gasteiger partial charge in [-0.15, -0.1) is 0 Å². The van der Waals surface area contributed by atoms with E-state index in [1.807, 2.05) is 0 Å². The van der Waals surface area contributed by atoms with Crippen LogP contribution in [0.4, 0.5) is 0 Å². The molecule has 0 spiro atoms. The van der Waals surface area contributed by atoms with Gasteiger partial charge >= 0.3 is 0 Å². The third-order valence-electron chi connectivity index (χ3n) is 2.18. The van der Waals surface area contributed by atoms with Gasteiger partial charge in [0.1, 0.15) is 5.78 Å². The number of ketones is 1. The first kappa shape index (κ1) is 8.51. The summed E-state index contributed by atoms with van der Waals surface area (Å²) in [5.74, 6) is 0.707. The fourth-order valence-electron chi connectivity index (χ4n) is 1.47. The van der Waals surface area contributed by atoms with Gasteiger partial charge in [-0.3, -0.25) is 4.79 Å². The van der Waals surface area contributed by atoms with Crippen LogP contribution in [0.5, 0.6) is 0 Å². The van der Waals surface area contributed by atoms with Crippen molar-refractivity contribution in [2.24, 2.45) is 5.92 Å². The van der Waals surface area contributed by atoms with Crippen molar-refractivity contribution in [2.45, 2.75) is 39.0 Å². The summed E-state index contributed by atoms with van der Waals surface area (Å²) in [5.41, 5.74) is 0. The average molecular weight is 152 g/mol. The van der Waals surface area contributed by atoms with Crippen LogP contribution in [0.1, 0.15) is 39.0 Å². The zero-order valence-corrected chi connectivity index (χ0v) is 7.18. The molecule has 0 N–H and O–H groups in total. The number of rotatable bonds is 3. The van der Waals surface area contributed by atoms with Crippen molar-refractivity contribution < 1.29 is 4.79 Å². The lowest BCUT2D eigenvalue weighted by Gasteiger charge is -1.97. The predicted octanol–water partition coefficient (Wildman–Crippen LogP) is 2.71. The summed E-state index contributed by atoms with van der Waals surface area (Å²) < 4.78 is 0. The molecule has 0 aromatic heterocycles. The van der Waals surface area contributed by atoms with Crippen LogP contribution in [0.2, 0.25) is 0 Å². The van der Waals surface area contributed by atoms with E-state index >= 15 is 0 Å². The Morgan fingerprint density at radius 1 is 1.64 bits per heavy atom. The molecule has 0 aromatic rings. The fourth-order valence-corrected chi connectivity index (χ4v) is 1.47. The Labute approximate surface area is 68.5 Å². The summed E-state index contributed by atoms with van der Waals surface area (Å²) >= 11 is 0. The number of Topliss-reactive ketones (excluding diaryl/α,β-unsaturated/α-hetero) is 1. The van der Waals surface area contributed by atoms with Crippen LogP contribution in [0.25, 0.3) is 0 Å². The molecule has 1 nitrogen and oxygen atoms in total. The Morgan fingerprint density at radius 2 is 2.45 bits per heavy atom. The number of allylic oxidation sites excluding steroid dienone is 2. The van der Waals surface area contributed by atoms with Crippen LogP contribution in [-0.4, -0.2) is 5.78 Å². The summed E-state index contributed by atoms with van der Waals surface area (Å²) in [7, 11) is 0. The second-order valence-corrected chi connectivity index (χ2v) is 3.18. The summed E-state index contributed by atoms with van der Waals surface area (Å²) in [6.45, 7) is 2.15. The van der Waals surface area contributed by atoms with E-state index in [0.29, 0.717) is 5.78 Å². The largest absolute Gasteiger partial charge is 0.299 e. The van der Waals surface area contributed by atoms with Gasteiger partial charge in [-0.2, -0.15) is 0 Å². The topological polar surface area (TPSA) is 17.1 Å². The molecule has 0 aliphatic heterocycles. The van der Waals surface area contributed by atoms with Gasteiger partial charge in [-0.1, -0.05) is 25.5 Å². The minimum atomic E-state index is 0.265. The van der Waals surface area contributed by atoms with Gasteiger partial charge in [-0.25, -0.2) is 0 Å². The molecule has 1 atom stereocenters. The monoisotopic (exact) mass is 152 g/mol. The third-order valence-corrected chi connectivity index (χ3v) is 2.18. The molecule has 1 aliphatic carbocycles. The molecule has 0 bridgehead atoms. The number of carbonyl (C=O) groups is 1. The van der Waals surface area contributed by atoms with Crippen molar-refractivity contribution in [3.63, 3.8) is 0 Å². The second-order valence-electron chi connectivity index (χ2n) is 3.18. The summed E-state index contributed by atoms with van der Waals surface area (Å²) in [6, 6.07) is 0. The maximum Gasteiger partial charge on any atom is 0.139 e. The lowest BCUT2D eigenvalue weighted by molar-refractivity contribution is -0.119. The highest BCUT2D eigenvalue weighted by Crippen LogP contribution is 2.22. The van der Waals surface area contributed by atoms with Crippen LogP contribution in [-0.2, 0) is 4.79 Å². The normalized spacial score (nSPS) is 25.2. The van der Waals surface area contributed by atoms with Gasteiger partial charge in [0, 0.05) is 12.3 Å². The van der Waals surface area contributed by atoms with E-state index in [0.717, 1.165) is 25.7 Å². The lowest BCUT2D eigenvalue weighted by atomic mass is 10.1. The fraction of sp³-hybridized carbons (Fsp3) is 0.700. The molecule has 1 fully saturated rings. The molecular weight excluding hydrogens is 136 g/mol. The van der Waals surface area contributed by atoms with Gasteiger partial charge in [0.2, 0.25) is 0 Å². The molecule has 0 aromatic carbocycles. The second kappa shape index (κ2) is 4.32. The Hall–Kier alpha value is -0.590. The minimum Gasteiger partial charge on any atom is -0.299 e. The Bertz CT molecular complexity index is 158. The predicted molar refractivity (Wildman–Crippen MR) is 46.4 cm³/mol. The van der Waals surface area contributed by atoms with Crippen molar-refractivity contribution in [1.82, 2.24) is 0 Å². The zero-order valence-electron chi connectivity index (χ0n) is 7.18. The maximum absolute atomic E-state index is 11.1. The van der Waals surface area contributed by atoms with Crippen LogP contribution in [0, 0.1) is 5.92 Å². The lowest BCUT2D eigenvalue weighted by Crippen LogP contribution is -2.01. The molecule has 1 rings (SSSR count). The molecule has 11 heavy (non-hydrogen) atoms. The summed E-state index contributed by atoms with van der Waals surface area (Å²) in [6.07, 6.45) is 9.52. The van der Waals surface area contributed by atoms with E-state index in [1.165, 1.54) is 6.42 Å². The van der Waals surface area contributed by atoms with Gasteiger partial charge in [-0.05, 0) is 19.3 Å². The van der Waals surface area contributed by atoms with Crippen LogP contribution < -0.4 is 0 Å². The molecule has 0 heterocycles. The smallest absolute Gasteiger partial charge is 0.139 e. The van der Waals surface area contributed by atoms with Crippen molar-refractivity contribution in [2.75, 3.05) is 0 Å². The molecule has 0 saturated heterocycles. The van der Waals surface area contributed by atoms with Gasteiger partial charge in [0.15, 0.2) is 0 Å². The van der Waals surface area contributed by atoms with Crippen molar-refractivity contribution >= 4 is 5.78 Å². The highest BCUT2D eigenvalue weighted by Gasteiger charge is 2.20. The minimum absolute atomic E-state index is 0.265. The van der Waals surface area contributed by atoms with Gasteiger partial charge in [0.25, 0.3) is 0 Å². The van der Waals surface area contributed by atoms with Crippen molar-refractivity contribution in [1.29, 1.82) is 0 Å². The van der Waals surface area contributed by atoms with Gasteiger partial charge in [0.05, 0.1) is 0 Å². The number of hydrogen-bond acceptors (Lipinski definition) is 1. The quantitative estimate of drug-likeness (QED) is 0.568. The molecular formula is C10H16O. The Balaban J connectivity index is 2.30. The maximum atomic E-state index is 11.1. The first-order valence-corrected chi connectivity index (χ1v) is 4.54. The number of hydrogen-bond donors (Lipinski definition) is 0. The molecule has 62 valence electrons. The zero-order chi connectivity index (χ0) is 8.10. The van der Waals surface area contributed by atoms with E-state index in [2.05, 4.69) is 19.1 Å². The van der Waals surface area contributed by atoms with Gasteiger partial charge < -0.3 is 0 Å². The summed E-state index contributed by atoms with van der Waals surface area (Å²) in [5, 5.41) is 0. The highest BCUT2D eigenvalue weighted by molar-refractivity contribution is 5.84. The molecule has 0 radical (unpaired) electrons. The summed E-state index contributed by atoms with van der Waals surface area (Å²) in [4.78, 5) is 11.1. The number of unbranched alkanes of at least 4 members (excludes halogenated alkanes) is 1. The van der Waals surface area contributed by atoms with E-state index in [-0.39, 0.29) is 5.92 Å². The molecule has 0 amide bonds. The first-order valence-electron chi connectivity index (χ1n) is 4.54. The standard InChI is InChI=1S/C10H16O/c1-2-3-4-6-9-7-5-8-10(9)11/h4,6,9H,2-3,5,7-8H2,1H3/b6-4+/t9-/m0/s1. The molecule has 1 saturated carbocycles. The van der Waals surface area contributed by atoms with E-state index in [4.69, 9.17) is 0 Å². The van der Waals surface area contributed by atoms with E-state index < -0.39 is 0 Å². The number of carbonyl (C=O) groups excluding carboxylic acids is 1.